The quantitative estimate of drug-likeness (QED) is 0.321. The van der Waals surface area contributed by atoms with Crippen molar-refractivity contribution >= 4 is 50.0 Å². The summed E-state index contributed by atoms with van der Waals surface area (Å²) in [5.74, 6) is -0.555. The van der Waals surface area contributed by atoms with E-state index in [9.17, 15) is 14.4 Å². The maximum absolute atomic E-state index is 12.0. The second-order valence-corrected chi connectivity index (χ2v) is 7.93. The number of hydrogen-bond donors (Lipinski definition) is 0. The van der Waals surface area contributed by atoms with Crippen LogP contribution in [0.3, 0.4) is 0 Å². The third kappa shape index (κ3) is 4.47. The van der Waals surface area contributed by atoms with Crippen molar-refractivity contribution in [1.29, 1.82) is 0 Å². The van der Waals surface area contributed by atoms with Gasteiger partial charge >= 0.3 is 11.6 Å². The van der Waals surface area contributed by atoms with Gasteiger partial charge in [0.2, 0.25) is 0 Å². The fourth-order valence-electron chi connectivity index (χ4n) is 2.48. The van der Waals surface area contributed by atoms with Crippen LogP contribution in [0, 0.1) is 6.92 Å². The van der Waals surface area contributed by atoms with Gasteiger partial charge in [0.15, 0.2) is 5.78 Å². The van der Waals surface area contributed by atoms with Crippen molar-refractivity contribution in [2.75, 3.05) is 0 Å². The van der Waals surface area contributed by atoms with Crippen molar-refractivity contribution in [3.63, 3.8) is 0 Å². The Bertz CT molecular complexity index is 1030. The molecule has 0 bridgehead atoms. The van der Waals surface area contributed by atoms with Gasteiger partial charge < -0.3 is 9.15 Å². The molecule has 1 aromatic carbocycles. The predicted octanol–water partition coefficient (Wildman–Crippen LogP) is 4.63. The predicted molar refractivity (Wildman–Crippen MR) is 103 cm³/mol. The first-order chi connectivity index (χ1) is 12.4. The van der Waals surface area contributed by atoms with Gasteiger partial charge in [-0.1, -0.05) is 15.9 Å². The topological polar surface area (TPSA) is 73.6 Å². The zero-order valence-corrected chi connectivity index (χ0v) is 16.3. The number of hydrogen-bond acceptors (Lipinski definition) is 6. The highest BCUT2D eigenvalue weighted by Crippen LogP contribution is 2.22. The average Bonchev–Trinajstić information content (AvgIpc) is 3.03. The molecule has 134 valence electrons. The first kappa shape index (κ1) is 18.5. The second kappa shape index (κ2) is 7.97. The van der Waals surface area contributed by atoms with Gasteiger partial charge in [0, 0.05) is 32.8 Å². The lowest BCUT2D eigenvalue weighted by Gasteiger charge is -2.07. The van der Waals surface area contributed by atoms with Gasteiger partial charge in [-0.05, 0) is 37.3 Å². The summed E-state index contributed by atoms with van der Waals surface area (Å²) in [4.78, 5) is 37.4. The van der Waals surface area contributed by atoms with Crippen LogP contribution in [-0.2, 0) is 16.1 Å². The molecule has 0 atom stereocenters. The Balaban J connectivity index is 1.62. The van der Waals surface area contributed by atoms with E-state index in [1.807, 2.05) is 19.1 Å². The molecule has 3 rings (SSSR count). The van der Waals surface area contributed by atoms with E-state index >= 15 is 0 Å². The van der Waals surface area contributed by atoms with Crippen LogP contribution in [0.5, 0.6) is 0 Å². The number of carbonyl (C=O) groups is 2. The molecule has 0 aliphatic carbocycles. The lowest BCUT2D eigenvalue weighted by molar-refractivity contribution is -0.144. The van der Waals surface area contributed by atoms with E-state index in [-0.39, 0.29) is 25.2 Å². The van der Waals surface area contributed by atoms with E-state index in [1.54, 1.807) is 18.2 Å². The number of aryl methyl sites for hydroxylation is 1. The SMILES string of the molecule is Cc1ccc(C(=O)CCC(=O)OCc2cc(=O)oc3cc(Br)ccc23)s1. The normalized spacial score (nSPS) is 10.8. The van der Waals surface area contributed by atoms with E-state index in [4.69, 9.17) is 9.15 Å². The van der Waals surface area contributed by atoms with E-state index in [0.29, 0.717) is 21.4 Å². The summed E-state index contributed by atoms with van der Waals surface area (Å²) < 4.78 is 11.2. The number of carbonyl (C=O) groups excluding carboxylic acids is 2. The number of rotatable bonds is 6. The minimum Gasteiger partial charge on any atom is -0.461 e. The number of fused-ring (bicyclic) bond motifs is 1. The highest BCUT2D eigenvalue weighted by Gasteiger charge is 2.13. The molecule has 0 aliphatic rings. The number of thiophene rings is 1. The van der Waals surface area contributed by atoms with Gasteiger partial charge in [0.1, 0.15) is 12.2 Å². The molecule has 0 spiro atoms. The van der Waals surface area contributed by atoms with Crippen molar-refractivity contribution in [2.45, 2.75) is 26.4 Å². The molecule has 3 aromatic rings. The molecule has 0 saturated heterocycles. The smallest absolute Gasteiger partial charge is 0.336 e. The Morgan fingerprint density at radius 3 is 2.69 bits per heavy atom. The second-order valence-electron chi connectivity index (χ2n) is 5.73. The van der Waals surface area contributed by atoms with E-state index in [2.05, 4.69) is 15.9 Å². The molecule has 2 aromatic heterocycles. The lowest BCUT2D eigenvalue weighted by Crippen LogP contribution is -2.09. The highest BCUT2D eigenvalue weighted by molar-refractivity contribution is 9.10. The summed E-state index contributed by atoms with van der Waals surface area (Å²) in [7, 11) is 0. The molecule has 7 heteroatoms. The summed E-state index contributed by atoms with van der Waals surface area (Å²) in [5, 5.41) is 0.700. The fraction of sp³-hybridized carbons (Fsp3) is 0.211. The number of ketones is 1. The molecule has 0 aliphatic heterocycles. The molecule has 0 unspecified atom stereocenters. The Morgan fingerprint density at radius 2 is 1.96 bits per heavy atom. The molecule has 26 heavy (non-hydrogen) atoms. The van der Waals surface area contributed by atoms with Crippen LogP contribution in [0.1, 0.15) is 33.0 Å². The van der Waals surface area contributed by atoms with E-state index < -0.39 is 11.6 Å². The number of benzene rings is 1. The summed E-state index contributed by atoms with van der Waals surface area (Å²) in [6.07, 6.45) is 0.101. The molecule has 0 radical (unpaired) electrons. The van der Waals surface area contributed by atoms with Crippen LogP contribution >= 0.6 is 27.3 Å². The zero-order valence-electron chi connectivity index (χ0n) is 13.9. The summed E-state index contributed by atoms with van der Waals surface area (Å²) in [5.41, 5.74) is 0.475. The van der Waals surface area contributed by atoms with Crippen LogP contribution < -0.4 is 5.63 Å². The molecule has 5 nitrogen and oxygen atoms in total. The maximum atomic E-state index is 12.0. The van der Waals surface area contributed by atoms with E-state index in [1.165, 1.54) is 17.4 Å². The van der Waals surface area contributed by atoms with Crippen molar-refractivity contribution in [2.24, 2.45) is 0 Å². The monoisotopic (exact) mass is 434 g/mol. The Hall–Kier alpha value is -2.25. The number of ether oxygens (including phenoxy) is 1. The minimum absolute atomic E-state index is 0.000697. The van der Waals surface area contributed by atoms with Crippen LogP contribution in [-0.4, -0.2) is 11.8 Å². The molecular weight excluding hydrogens is 420 g/mol. The van der Waals surface area contributed by atoms with Crippen LogP contribution in [0.2, 0.25) is 0 Å². The van der Waals surface area contributed by atoms with Gasteiger partial charge in [-0.3, -0.25) is 9.59 Å². The van der Waals surface area contributed by atoms with Gasteiger partial charge in [0.05, 0.1) is 11.3 Å². The first-order valence-corrected chi connectivity index (χ1v) is 9.51. The van der Waals surface area contributed by atoms with Crippen LogP contribution in [0.15, 0.2) is 50.1 Å². The molecular formula is C19H15BrO5S. The number of Topliss-reactive ketones (excluding diaryl/α,β-unsaturated/α-hetero) is 1. The summed E-state index contributed by atoms with van der Waals surface area (Å²) in [6, 6.07) is 10.2. The lowest BCUT2D eigenvalue weighted by atomic mass is 10.1. The number of halogens is 1. The van der Waals surface area contributed by atoms with Crippen molar-refractivity contribution in [1.82, 2.24) is 0 Å². The molecule has 0 fully saturated rings. The standard InChI is InChI=1S/C19H15BrO5S/c1-11-2-6-17(26-11)15(21)5-7-18(22)24-10-12-8-19(23)25-16-9-13(20)3-4-14(12)16/h2-4,6,8-9H,5,7,10H2,1H3. The third-order valence-electron chi connectivity index (χ3n) is 3.75. The maximum Gasteiger partial charge on any atom is 0.336 e. The van der Waals surface area contributed by atoms with Crippen molar-refractivity contribution in [3.05, 3.63) is 66.6 Å². The fourth-order valence-corrected chi connectivity index (χ4v) is 3.65. The Kier molecular flexibility index (Phi) is 5.68. The number of esters is 1. The van der Waals surface area contributed by atoms with Crippen LogP contribution in [0.25, 0.3) is 11.0 Å². The summed E-state index contributed by atoms with van der Waals surface area (Å²) in [6.45, 7) is 1.88. The third-order valence-corrected chi connectivity index (χ3v) is 5.29. The van der Waals surface area contributed by atoms with E-state index in [0.717, 1.165) is 9.35 Å². The zero-order chi connectivity index (χ0) is 18.7. The Morgan fingerprint density at radius 1 is 1.15 bits per heavy atom. The highest BCUT2D eigenvalue weighted by atomic mass is 79.9. The molecule has 0 saturated carbocycles. The average molecular weight is 435 g/mol. The molecule has 2 heterocycles. The van der Waals surface area contributed by atoms with Crippen molar-refractivity contribution in [3.8, 4) is 0 Å². The molecule has 0 N–H and O–H groups in total. The van der Waals surface area contributed by atoms with Crippen LogP contribution in [0.4, 0.5) is 0 Å². The van der Waals surface area contributed by atoms with Gasteiger partial charge in [-0.15, -0.1) is 11.3 Å². The van der Waals surface area contributed by atoms with Gasteiger partial charge in [-0.25, -0.2) is 4.79 Å². The first-order valence-electron chi connectivity index (χ1n) is 7.90. The Labute approximate surface area is 161 Å². The van der Waals surface area contributed by atoms with Gasteiger partial charge in [-0.2, -0.15) is 0 Å². The van der Waals surface area contributed by atoms with Gasteiger partial charge in [0.25, 0.3) is 0 Å². The molecule has 0 amide bonds. The summed E-state index contributed by atoms with van der Waals surface area (Å²) >= 11 is 4.73. The largest absolute Gasteiger partial charge is 0.461 e. The minimum atomic E-state index is -0.509. The van der Waals surface area contributed by atoms with Crippen molar-refractivity contribution < 1.29 is 18.7 Å².